The maximum atomic E-state index is 10.3. The van der Waals surface area contributed by atoms with E-state index >= 15 is 0 Å². The van der Waals surface area contributed by atoms with Crippen molar-refractivity contribution in [2.75, 3.05) is 6.54 Å². The van der Waals surface area contributed by atoms with Gasteiger partial charge in [-0.05, 0) is 0 Å². The van der Waals surface area contributed by atoms with E-state index < -0.39 is 0 Å². The van der Waals surface area contributed by atoms with Gasteiger partial charge < -0.3 is 0 Å². The third-order valence-corrected chi connectivity index (χ3v) is 0.831. The van der Waals surface area contributed by atoms with E-state index in [2.05, 4.69) is 5.92 Å². The van der Waals surface area contributed by atoms with Gasteiger partial charge in [0, 0.05) is 13.3 Å². The van der Waals surface area contributed by atoms with Gasteiger partial charge in [0.2, 0.25) is 5.91 Å². The van der Waals surface area contributed by atoms with E-state index in [1.165, 1.54) is 6.92 Å². The molecule has 0 atom stereocenters. The average molecular weight is 127 g/mol. The second-order valence-corrected chi connectivity index (χ2v) is 1.60. The maximum Gasteiger partial charge on any atom is 0.242 e. The van der Waals surface area contributed by atoms with Crippen molar-refractivity contribution in [1.29, 1.82) is 0 Å². The van der Waals surface area contributed by atoms with Gasteiger partial charge in [-0.15, -0.1) is 12.3 Å². The molecule has 0 aromatic heterocycles. The maximum absolute atomic E-state index is 10.3. The zero-order valence-corrected chi connectivity index (χ0v) is 5.29. The molecule has 0 heterocycles. The van der Waals surface area contributed by atoms with Crippen LogP contribution in [-0.2, 0) is 4.79 Å². The Labute approximate surface area is 54.2 Å². The van der Waals surface area contributed by atoms with Crippen LogP contribution < -0.4 is 0 Å². The number of terminal acetylenes is 1. The van der Waals surface area contributed by atoms with Crippen molar-refractivity contribution in [3.63, 3.8) is 0 Å². The number of nitrogens with zero attached hydrogens (tertiary/aromatic N) is 1. The number of carbonyl (C=O) groups excluding carboxylic acids is 1. The average Bonchev–Trinajstić information content (AvgIpc) is 1.82. The normalized spacial score (nSPS) is 8.11. The first kappa shape index (κ1) is 7.99. The Morgan fingerprint density at radius 1 is 1.89 bits per heavy atom. The number of carbonyl (C=O) groups is 1. The molecule has 1 N–H and O–H groups in total. The van der Waals surface area contributed by atoms with E-state index in [0.717, 1.165) is 0 Å². The SMILES string of the molecule is C#CCCN(O)C(C)=O. The Hall–Kier alpha value is -1.01. The minimum atomic E-state index is -0.384. The number of amides is 1. The first-order valence-electron chi connectivity index (χ1n) is 2.59. The summed E-state index contributed by atoms with van der Waals surface area (Å²) < 4.78 is 0. The molecule has 0 aliphatic heterocycles. The molecule has 3 nitrogen and oxygen atoms in total. The van der Waals surface area contributed by atoms with E-state index in [0.29, 0.717) is 11.5 Å². The molecule has 0 aromatic carbocycles. The highest BCUT2D eigenvalue weighted by Crippen LogP contribution is 1.84. The van der Waals surface area contributed by atoms with Crippen molar-refractivity contribution in [2.45, 2.75) is 13.3 Å². The highest BCUT2D eigenvalue weighted by Gasteiger charge is 2.00. The molecule has 0 aromatic rings. The summed E-state index contributed by atoms with van der Waals surface area (Å²) in [4.78, 5) is 10.3. The van der Waals surface area contributed by atoms with E-state index in [4.69, 9.17) is 11.6 Å². The summed E-state index contributed by atoms with van der Waals surface area (Å²) >= 11 is 0. The minimum Gasteiger partial charge on any atom is -0.286 e. The topological polar surface area (TPSA) is 40.5 Å². The van der Waals surface area contributed by atoms with Crippen LogP contribution in [0.3, 0.4) is 0 Å². The molecule has 0 saturated heterocycles. The lowest BCUT2D eigenvalue weighted by Crippen LogP contribution is -2.25. The highest BCUT2D eigenvalue weighted by atomic mass is 16.5. The van der Waals surface area contributed by atoms with Crippen molar-refractivity contribution < 1.29 is 10.0 Å². The van der Waals surface area contributed by atoms with Crippen LogP contribution in [0.15, 0.2) is 0 Å². The van der Waals surface area contributed by atoms with Crippen molar-refractivity contribution in [1.82, 2.24) is 5.06 Å². The zero-order chi connectivity index (χ0) is 7.28. The summed E-state index contributed by atoms with van der Waals surface area (Å²) in [6.45, 7) is 1.49. The Morgan fingerprint density at radius 2 is 2.44 bits per heavy atom. The molecule has 0 saturated carbocycles. The molecule has 0 unspecified atom stereocenters. The summed E-state index contributed by atoms with van der Waals surface area (Å²) in [5, 5.41) is 9.24. The van der Waals surface area contributed by atoms with Gasteiger partial charge in [0.05, 0.1) is 6.54 Å². The molecule has 0 fully saturated rings. The molecular weight excluding hydrogens is 118 g/mol. The second kappa shape index (κ2) is 3.93. The lowest BCUT2D eigenvalue weighted by Gasteiger charge is -2.08. The Kier molecular flexibility index (Phi) is 3.49. The largest absolute Gasteiger partial charge is 0.286 e. The van der Waals surface area contributed by atoms with Crippen LogP contribution in [0.2, 0.25) is 0 Å². The first-order chi connectivity index (χ1) is 4.18. The standard InChI is InChI=1S/C6H9NO2/c1-3-4-5-7(9)6(2)8/h1,9H,4-5H2,2H3. The summed E-state index contributed by atoms with van der Waals surface area (Å²) in [6.07, 6.45) is 5.26. The zero-order valence-electron chi connectivity index (χ0n) is 5.29. The lowest BCUT2D eigenvalue weighted by atomic mass is 10.4. The lowest BCUT2D eigenvalue weighted by molar-refractivity contribution is -0.162. The predicted molar refractivity (Wildman–Crippen MR) is 32.6 cm³/mol. The number of hydrogen-bond acceptors (Lipinski definition) is 2. The summed E-state index contributed by atoms with van der Waals surface area (Å²) in [6, 6.07) is 0. The van der Waals surface area contributed by atoms with Crippen LogP contribution in [0, 0.1) is 12.3 Å². The number of hydrogen-bond donors (Lipinski definition) is 1. The molecule has 1 amide bonds. The summed E-state index contributed by atoms with van der Waals surface area (Å²) in [5.41, 5.74) is 0. The molecule has 0 aliphatic rings. The van der Waals surface area contributed by atoms with Gasteiger partial charge in [-0.25, -0.2) is 5.06 Å². The fraction of sp³-hybridized carbons (Fsp3) is 0.500. The molecule has 3 heteroatoms. The molecule has 0 spiro atoms. The smallest absolute Gasteiger partial charge is 0.242 e. The van der Waals surface area contributed by atoms with Crippen molar-refractivity contribution in [3.8, 4) is 12.3 Å². The van der Waals surface area contributed by atoms with Crippen LogP contribution in [0.25, 0.3) is 0 Å². The molecule has 0 rings (SSSR count). The summed E-state index contributed by atoms with van der Waals surface area (Å²) in [5.74, 6) is 1.92. The Balaban J connectivity index is 3.41. The second-order valence-electron chi connectivity index (χ2n) is 1.60. The molecule has 0 aliphatic carbocycles. The fourth-order valence-electron chi connectivity index (χ4n) is 0.328. The van der Waals surface area contributed by atoms with Gasteiger partial charge in [-0.2, -0.15) is 0 Å². The van der Waals surface area contributed by atoms with Crippen LogP contribution in [0.5, 0.6) is 0 Å². The van der Waals surface area contributed by atoms with Crippen LogP contribution in [-0.4, -0.2) is 22.7 Å². The van der Waals surface area contributed by atoms with Crippen LogP contribution in [0.4, 0.5) is 0 Å². The van der Waals surface area contributed by atoms with Crippen molar-refractivity contribution in [2.24, 2.45) is 0 Å². The summed E-state index contributed by atoms with van der Waals surface area (Å²) in [7, 11) is 0. The Bertz CT molecular complexity index is 136. The first-order valence-corrected chi connectivity index (χ1v) is 2.59. The van der Waals surface area contributed by atoms with Crippen LogP contribution in [0.1, 0.15) is 13.3 Å². The fourth-order valence-corrected chi connectivity index (χ4v) is 0.328. The van der Waals surface area contributed by atoms with Gasteiger partial charge in [0.25, 0.3) is 0 Å². The van der Waals surface area contributed by atoms with Crippen LogP contribution >= 0.6 is 0 Å². The van der Waals surface area contributed by atoms with E-state index in [9.17, 15) is 4.79 Å². The highest BCUT2D eigenvalue weighted by molar-refractivity contribution is 5.71. The molecule has 0 radical (unpaired) electrons. The van der Waals surface area contributed by atoms with E-state index in [-0.39, 0.29) is 12.5 Å². The molecular formula is C6H9NO2. The minimum absolute atomic E-state index is 0.214. The van der Waals surface area contributed by atoms with Gasteiger partial charge >= 0.3 is 0 Å². The van der Waals surface area contributed by atoms with Crippen molar-refractivity contribution >= 4 is 5.91 Å². The molecule has 50 valence electrons. The number of hydroxylamine groups is 2. The van der Waals surface area contributed by atoms with Gasteiger partial charge in [0.1, 0.15) is 0 Å². The number of rotatable bonds is 2. The van der Waals surface area contributed by atoms with Crippen molar-refractivity contribution in [3.05, 3.63) is 0 Å². The van der Waals surface area contributed by atoms with Gasteiger partial charge in [0.15, 0.2) is 0 Å². The third kappa shape index (κ3) is 3.56. The Morgan fingerprint density at radius 3 is 2.78 bits per heavy atom. The monoisotopic (exact) mass is 127 g/mol. The van der Waals surface area contributed by atoms with Gasteiger partial charge in [-0.3, -0.25) is 10.0 Å². The van der Waals surface area contributed by atoms with Gasteiger partial charge in [-0.1, -0.05) is 0 Å². The van der Waals surface area contributed by atoms with E-state index in [1.54, 1.807) is 0 Å². The van der Waals surface area contributed by atoms with E-state index in [1.807, 2.05) is 0 Å². The quantitative estimate of drug-likeness (QED) is 0.328. The molecule has 0 bridgehead atoms. The third-order valence-electron chi connectivity index (χ3n) is 0.831. The molecule has 9 heavy (non-hydrogen) atoms. The predicted octanol–water partition coefficient (Wildman–Crippen LogP) is 0.247.